The molecule has 0 aliphatic heterocycles. The molecule has 0 fully saturated rings. The molecule has 0 radical (unpaired) electrons. The molecule has 0 heterocycles. The third-order valence-electron chi connectivity index (χ3n) is 3.03. The van der Waals surface area contributed by atoms with Crippen molar-refractivity contribution in [2.75, 3.05) is 0 Å². The normalized spacial score (nSPS) is 14.1. The zero-order chi connectivity index (χ0) is 14.8. The van der Waals surface area contributed by atoms with E-state index < -0.39 is 17.2 Å². The Morgan fingerprint density at radius 3 is 2.00 bits per heavy atom. The monoisotopic (exact) mass is 279 g/mol. The standard InChI is InChI=1S/C16H16F3N/c1-16(20,9-11-3-2-4-13(17)5-11)10-12-6-14(18)8-15(19)7-12/h2-8H,9-10,20H2,1H3. The molecule has 0 bridgehead atoms. The van der Waals surface area contributed by atoms with Crippen LogP contribution >= 0.6 is 0 Å². The third-order valence-corrected chi connectivity index (χ3v) is 3.03. The lowest BCUT2D eigenvalue weighted by molar-refractivity contribution is 0.458. The molecule has 2 N–H and O–H groups in total. The van der Waals surface area contributed by atoms with E-state index in [4.69, 9.17) is 5.73 Å². The van der Waals surface area contributed by atoms with Gasteiger partial charge in [-0.1, -0.05) is 12.1 Å². The zero-order valence-electron chi connectivity index (χ0n) is 11.2. The molecule has 0 saturated heterocycles. The Morgan fingerprint density at radius 2 is 1.40 bits per heavy atom. The summed E-state index contributed by atoms with van der Waals surface area (Å²) in [6, 6.07) is 9.52. The fourth-order valence-electron chi connectivity index (χ4n) is 2.36. The molecule has 0 aromatic heterocycles. The molecule has 2 aromatic carbocycles. The van der Waals surface area contributed by atoms with Crippen molar-refractivity contribution in [1.82, 2.24) is 0 Å². The summed E-state index contributed by atoms with van der Waals surface area (Å²) < 4.78 is 39.4. The summed E-state index contributed by atoms with van der Waals surface area (Å²) in [5.41, 5.74) is 6.70. The molecule has 0 spiro atoms. The van der Waals surface area contributed by atoms with Gasteiger partial charge in [-0.05, 0) is 55.2 Å². The van der Waals surface area contributed by atoms with Crippen LogP contribution in [0.2, 0.25) is 0 Å². The maximum atomic E-state index is 13.2. The van der Waals surface area contributed by atoms with E-state index in [0.29, 0.717) is 18.4 Å². The highest BCUT2D eigenvalue weighted by atomic mass is 19.1. The summed E-state index contributed by atoms with van der Waals surface area (Å²) in [6.07, 6.45) is 0.723. The van der Waals surface area contributed by atoms with Crippen molar-refractivity contribution in [3.63, 3.8) is 0 Å². The van der Waals surface area contributed by atoms with Crippen LogP contribution in [0.25, 0.3) is 0 Å². The van der Waals surface area contributed by atoms with E-state index >= 15 is 0 Å². The summed E-state index contributed by atoms with van der Waals surface area (Å²) in [5, 5.41) is 0. The van der Waals surface area contributed by atoms with E-state index in [1.54, 1.807) is 19.1 Å². The second-order valence-electron chi connectivity index (χ2n) is 5.42. The van der Waals surface area contributed by atoms with Gasteiger partial charge in [0.25, 0.3) is 0 Å². The summed E-state index contributed by atoms with van der Waals surface area (Å²) >= 11 is 0. The molecule has 4 heteroatoms. The Kier molecular flexibility index (Phi) is 4.14. The van der Waals surface area contributed by atoms with Crippen LogP contribution in [-0.2, 0) is 12.8 Å². The van der Waals surface area contributed by atoms with Gasteiger partial charge in [-0.25, -0.2) is 13.2 Å². The molecule has 1 unspecified atom stereocenters. The zero-order valence-corrected chi connectivity index (χ0v) is 11.2. The maximum Gasteiger partial charge on any atom is 0.126 e. The minimum absolute atomic E-state index is 0.304. The number of benzene rings is 2. The third kappa shape index (κ3) is 4.10. The molecule has 20 heavy (non-hydrogen) atoms. The lowest BCUT2D eigenvalue weighted by Crippen LogP contribution is -2.41. The molecule has 1 atom stereocenters. The lowest BCUT2D eigenvalue weighted by atomic mass is 9.87. The summed E-state index contributed by atoms with van der Waals surface area (Å²) in [7, 11) is 0. The van der Waals surface area contributed by atoms with Crippen LogP contribution in [0.3, 0.4) is 0 Å². The molecule has 0 amide bonds. The predicted octanol–water partition coefficient (Wildman–Crippen LogP) is 3.61. The van der Waals surface area contributed by atoms with Crippen molar-refractivity contribution >= 4 is 0 Å². The van der Waals surface area contributed by atoms with Gasteiger partial charge in [-0.3, -0.25) is 0 Å². The van der Waals surface area contributed by atoms with Crippen LogP contribution < -0.4 is 5.73 Å². The quantitative estimate of drug-likeness (QED) is 0.909. The van der Waals surface area contributed by atoms with Crippen LogP contribution in [0, 0.1) is 17.5 Å². The van der Waals surface area contributed by atoms with Crippen molar-refractivity contribution < 1.29 is 13.2 Å². The number of halogens is 3. The highest BCUT2D eigenvalue weighted by Gasteiger charge is 2.20. The van der Waals surface area contributed by atoms with Gasteiger partial charge in [-0.15, -0.1) is 0 Å². The van der Waals surface area contributed by atoms with Crippen LogP contribution in [0.15, 0.2) is 42.5 Å². The molecule has 0 aliphatic carbocycles. The summed E-state index contributed by atoms with van der Waals surface area (Å²) in [4.78, 5) is 0. The Morgan fingerprint density at radius 1 is 0.850 bits per heavy atom. The van der Waals surface area contributed by atoms with E-state index in [2.05, 4.69) is 0 Å². The number of rotatable bonds is 4. The number of hydrogen-bond donors (Lipinski definition) is 1. The first-order valence-electron chi connectivity index (χ1n) is 6.32. The molecule has 0 aliphatic rings. The predicted molar refractivity (Wildman–Crippen MR) is 72.8 cm³/mol. The topological polar surface area (TPSA) is 26.0 Å². The maximum absolute atomic E-state index is 13.2. The van der Waals surface area contributed by atoms with Crippen molar-refractivity contribution in [3.8, 4) is 0 Å². The first-order valence-corrected chi connectivity index (χ1v) is 6.32. The average Bonchev–Trinajstić information content (AvgIpc) is 2.25. The lowest BCUT2D eigenvalue weighted by Gasteiger charge is -2.25. The SMILES string of the molecule is CC(N)(Cc1cccc(F)c1)Cc1cc(F)cc(F)c1. The Balaban J connectivity index is 2.14. The van der Waals surface area contributed by atoms with Gasteiger partial charge in [0, 0.05) is 11.6 Å². The highest BCUT2D eigenvalue weighted by Crippen LogP contribution is 2.19. The van der Waals surface area contributed by atoms with Crippen molar-refractivity contribution in [3.05, 3.63) is 71.0 Å². The van der Waals surface area contributed by atoms with Crippen LogP contribution in [-0.4, -0.2) is 5.54 Å². The first-order chi connectivity index (χ1) is 9.34. The smallest absolute Gasteiger partial charge is 0.126 e. The second-order valence-corrected chi connectivity index (χ2v) is 5.42. The van der Waals surface area contributed by atoms with E-state index in [1.165, 1.54) is 24.3 Å². The first kappa shape index (κ1) is 14.6. The highest BCUT2D eigenvalue weighted by molar-refractivity contribution is 5.23. The molecule has 2 rings (SSSR count). The fourth-order valence-corrected chi connectivity index (χ4v) is 2.36. The van der Waals surface area contributed by atoms with Gasteiger partial charge >= 0.3 is 0 Å². The van der Waals surface area contributed by atoms with Gasteiger partial charge in [0.15, 0.2) is 0 Å². The van der Waals surface area contributed by atoms with Crippen molar-refractivity contribution in [1.29, 1.82) is 0 Å². The minimum Gasteiger partial charge on any atom is -0.325 e. The Bertz CT molecular complexity index is 588. The minimum atomic E-state index is -0.714. The van der Waals surface area contributed by atoms with E-state index in [-0.39, 0.29) is 5.82 Å². The average molecular weight is 279 g/mol. The second kappa shape index (κ2) is 5.67. The molecule has 0 saturated carbocycles. The Hall–Kier alpha value is -1.81. The van der Waals surface area contributed by atoms with Gasteiger partial charge < -0.3 is 5.73 Å². The molecular formula is C16H16F3N. The molecule has 106 valence electrons. The largest absolute Gasteiger partial charge is 0.325 e. The van der Waals surface area contributed by atoms with Crippen molar-refractivity contribution in [2.45, 2.75) is 25.3 Å². The van der Waals surface area contributed by atoms with Gasteiger partial charge in [0.2, 0.25) is 0 Å². The van der Waals surface area contributed by atoms with E-state index in [1.807, 2.05) is 0 Å². The molecular weight excluding hydrogens is 263 g/mol. The molecule has 1 nitrogen and oxygen atoms in total. The van der Waals surface area contributed by atoms with E-state index in [9.17, 15) is 13.2 Å². The number of hydrogen-bond acceptors (Lipinski definition) is 1. The van der Waals surface area contributed by atoms with Crippen LogP contribution in [0.1, 0.15) is 18.1 Å². The van der Waals surface area contributed by atoms with E-state index in [0.717, 1.165) is 11.6 Å². The Labute approximate surface area is 116 Å². The summed E-state index contributed by atoms with van der Waals surface area (Å²) in [6.45, 7) is 1.78. The van der Waals surface area contributed by atoms with Gasteiger partial charge in [-0.2, -0.15) is 0 Å². The van der Waals surface area contributed by atoms with Gasteiger partial charge in [0.1, 0.15) is 17.5 Å². The van der Waals surface area contributed by atoms with Crippen LogP contribution in [0.5, 0.6) is 0 Å². The number of nitrogens with two attached hydrogens (primary N) is 1. The van der Waals surface area contributed by atoms with Gasteiger partial charge in [0.05, 0.1) is 0 Å². The summed E-state index contributed by atoms with van der Waals surface area (Å²) in [5.74, 6) is -1.57. The van der Waals surface area contributed by atoms with Crippen LogP contribution in [0.4, 0.5) is 13.2 Å². The van der Waals surface area contributed by atoms with Crippen molar-refractivity contribution in [2.24, 2.45) is 5.73 Å². The molecule has 2 aromatic rings. The fraction of sp³-hybridized carbons (Fsp3) is 0.250.